The molecule has 188 valence electrons. The van der Waals surface area contributed by atoms with Crippen LogP contribution in [-0.4, -0.2) is 74.4 Å². The number of piperidine rings is 2. The molecule has 2 saturated heterocycles. The molecule has 2 heterocycles. The lowest BCUT2D eigenvalue weighted by Gasteiger charge is -2.33. The number of ether oxygens (including phenoxy) is 2. The maximum absolute atomic E-state index is 13.1. The van der Waals surface area contributed by atoms with Gasteiger partial charge in [-0.15, -0.1) is 0 Å². The molecule has 0 radical (unpaired) electrons. The summed E-state index contributed by atoms with van der Waals surface area (Å²) in [5.74, 6) is -2.34. The molecule has 2 aliphatic rings. The van der Waals surface area contributed by atoms with Gasteiger partial charge >= 0.3 is 11.9 Å². The van der Waals surface area contributed by atoms with E-state index in [1.54, 1.807) is 11.8 Å². The van der Waals surface area contributed by atoms with Crippen molar-refractivity contribution >= 4 is 27.9 Å². The topological polar surface area (TPSA) is 110 Å². The van der Waals surface area contributed by atoms with Crippen molar-refractivity contribution in [3.8, 4) is 0 Å². The molecule has 1 atom stereocenters. The first-order chi connectivity index (χ1) is 16.1. The molecule has 0 N–H and O–H groups in total. The Labute approximate surface area is 199 Å². The normalized spacial score (nSPS) is 19.4. The lowest BCUT2D eigenvalue weighted by molar-refractivity contribution is -0.164. The minimum atomic E-state index is -3.77. The maximum atomic E-state index is 13.1. The van der Waals surface area contributed by atoms with Gasteiger partial charge in [0.1, 0.15) is 5.82 Å². The van der Waals surface area contributed by atoms with E-state index >= 15 is 0 Å². The van der Waals surface area contributed by atoms with E-state index in [2.05, 4.69) is 0 Å². The summed E-state index contributed by atoms with van der Waals surface area (Å²) < 4.78 is 50.3. The van der Waals surface area contributed by atoms with Gasteiger partial charge in [-0.1, -0.05) is 0 Å². The molecule has 1 aromatic carbocycles. The maximum Gasteiger partial charge on any atom is 0.309 e. The number of likely N-dealkylation sites (tertiary alicyclic amines) is 1. The van der Waals surface area contributed by atoms with Crippen LogP contribution in [0.3, 0.4) is 0 Å². The third kappa shape index (κ3) is 6.12. The summed E-state index contributed by atoms with van der Waals surface area (Å²) in [4.78, 5) is 38.8. The first kappa shape index (κ1) is 26.1. The Bertz CT molecular complexity index is 983. The molecular weight excluding hydrogens is 467 g/mol. The fourth-order valence-electron chi connectivity index (χ4n) is 4.26. The van der Waals surface area contributed by atoms with E-state index in [4.69, 9.17) is 9.47 Å². The average Bonchev–Trinajstić information content (AvgIpc) is 2.84. The van der Waals surface area contributed by atoms with Gasteiger partial charge in [-0.2, -0.15) is 4.31 Å². The standard InChI is InChI=1S/C23H31FN2O7S/c1-3-32-22(28)17-8-12-25(13-9-17)21(27)16(2)33-23(29)18-10-14-26(15-11-18)34(30,31)20-6-4-19(24)5-7-20/h4-7,16-18H,3,8-15H2,1-2H3/t16-/m1/s1. The first-order valence-electron chi connectivity index (χ1n) is 11.5. The van der Waals surface area contributed by atoms with E-state index in [-0.39, 0.29) is 48.6 Å². The number of carbonyl (C=O) groups is 3. The van der Waals surface area contributed by atoms with Crippen molar-refractivity contribution in [1.29, 1.82) is 0 Å². The van der Waals surface area contributed by atoms with Crippen LogP contribution in [0, 0.1) is 17.7 Å². The Balaban J connectivity index is 1.47. The molecule has 1 aromatic rings. The fourth-order valence-corrected chi connectivity index (χ4v) is 5.73. The van der Waals surface area contributed by atoms with Crippen molar-refractivity contribution in [1.82, 2.24) is 9.21 Å². The Morgan fingerprint density at radius 1 is 0.971 bits per heavy atom. The number of carbonyl (C=O) groups excluding carboxylic acids is 3. The number of benzene rings is 1. The smallest absolute Gasteiger partial charge is 0.309 e. The van der Waals surface area contributed by atoms with E-state index < -0.39 is 33.8 Å². The Morgan fingerprint density at radius 2 is 1.50 bits per heavy atom. The second kappa shape index (κ2) is 11.3. The SMILES string of the molecule is CCOC(=O)C1CCN(C(=O)[C@@H](C)OC(=O)C2CCN(S(=O)(=O)c3ccc(F)cc3)CC2)CC1. The van der Waals surface area contributed by atoms with Gasteiger partial charge in [-0.25, -0.2) is 12.8 Å². The molecule has 2 fully saturated rings. The van der Waals surface area contributed by atoms with Crippen LogP contribution in [0.1, 0.15) is 39.5 Å². The highest BCUT2D eigenvalue weighted by Gasteiger charge is 2.35. The van der Waals surface area contributed by atoms with Gasteiger partial charge in [0.05, 0.1) is 23.3 Å². The van der Waals surface area contributed by atoms with Gasteiger partial charge in [-0.3, -0.25) is 14.4 Å². The van der Waals surface area contributed by atoms with Crippen LogP contribution in [0.5, 0.6) is 0 Å². The van der Waals surface area contributed by atoms with Gasteiger partial charge in [0.15, 0.2) is 6.10 Å². The third-order valence-electron chi connectivity index (χ3n) is 6.31. The van der Waals surface area contributed by atoms with Crippen molar-refractivity contribution < 1.29 is 36.7 Å². The summed E-state index contributed by atoms with van der Waals surface area (Å²) in [5.41, 5.74) is 0. The number of hydrogen-bond donors (Lipinski definition) is 0. The fraction of sp³-hybridized carbons (Fsp3) is 0.609. The number of halogens is 1. The molecule has 9 nitrogen and oxygen atoms in total. The zero-order valence-electron chi connectivity index (χ0n) is 19.4. The average molecular weight is 499 g/mol. The number of rotatable bonds is 7. The summed E-state index contributed by atoms with van der Waals surface area (Å²) >= 11 is 0. The van der Waals surface area contributed by atoms with E-state index in [1.165, 1.54) is 23.4 Å². The molecular formula is C23H31FN2O7S. The lowest BCUT2D eigenvalue weighted by atomic mass is 9.96. The predicted octanol–water partition coefficient (Wildman–Crippen LogP) is 1.96. The molecule has 0 aromatic heterocycles. The minimum Gasteiger partial charge on any atom is -0.466 e. The van der Waals surface area contributed by atoms with Crippen LogP contribution in [0.15, 0.2) is 29.2 Å². The molecule has 0 unspecified atom stereocenters. The van der Waals surface area contributed by atoms with Crippen LogP contribution < -0.4 is 0 Å². The molecule has 34 heavy (non-hydrogen) atoms. The second-order valence-corrected chi connectivity index (χ2v) is 10.5. The summed E-state index contributed by atoms with van der Waals surface area (Å²) in [7, 11) is -3.77. The zero-order chi connectivity index (χ0) is 24.9. The second-order valence-electron chi connectivity index (χ2n) is 8.56. The quantitative estimate of drug-likeness (QED) is 0.529. The van der Waals surface area contributed by atoms with Gasteiger partial charge < -0.3 is 14.4 Å². The summed E-state index contributed by atoms with van der Waals surface area (Å²) in [6.45, 7) is 4.63. The van der Waals surface area contributed by atoms with Crippen LogP contribution in [0.2, 0.25) is 0 Å². The van der Waals surface area contributed by atoms with Gasteiger partial charge in [0.2, 0.25) is 10.0 Å². The summed E-state index contributed by atoms with van der Waals surface area (Å²) in [6.07, 6.45) is 0.585. The molecule has 0 bridgehead atoms. The molecule has 3 rings (SSSR count). The number of esters is 2. The molecule has 0 aliphatic carbocycles. The molecule has 1 amide bonds. The van der Waals surface area contributed by atoms with Gasteiger partial charge in [-0.05, 0) is 63.8 Å². The monoisotopic (exact) mass is 498 g/mol. The molecule has 2 aliphatic heterocycles. The van der Waals surface area contributed by atoms with Crippen LogP contribution in [0.25, 0.3) is 0 Å². The highest BCUT2D eigenvalue weighted by Crippen LogP contribution is 2.26. The van der Waals surface area contributed by atoms with E-state index in [0.29, 0.717) is 32.5 Å². The molecule has 0 spiro atoms. The number of sulfonamides is 1. The van der Waals surface area contributed by atoms with Gasteiger partial charge in [0, 0.05) is 26.2 Å². The van der Waals surface area contributed by atoms with Crippen molar-refractivity contribution in [3.63, 3.8) is 0 Å². The van der Waals surface area contributed by atoms with Crippen LogP contribution in [-0.2, 0) is 33.9 Å². The Kier molecular flexibility index (Phi) is 8.64. The minimum absolute atomic E-state index is 0.000808. The molecule has 11 heteroatoms. The third-order valence-corrected chi connectivity index (χ3v) is 8.22. The number of nitrogens with zero attached hydrogens (tertiary/aromatic N) is 2. The number of hydrogen-bond acceptors (Lipinski definition) is 7. The predicted molar refractivity (Wildman–Crippen MR) is 119 cm³/mol. The van der Waals surface area contributed by atoms with Gasteiger partial charge in [0.25, 0.3) is 5.91 Å². The van der Waals surface area contributed by atoms with E-state index in [1.807, 2.05) is 0 Å². The summed E-state index contributed by atoms with van der Waals surface area (Å²) in [5, 5.41) is 0. The highest BCUT2D eigenvalue weighted by atomic mass is 32.2. The van der Waals surface area contributed by atoms with Crippen molar-refractivity contribution in [2.75, 3.05) is 32.8 Å². The Morgan fingerprint density at radius 3 is 2.06 bits per heavy atom. The largest absolute Gasteiger partial charge is 0.466 e. The zero-order valence-corrected chi connectivity index (χ0v) is 20.3. The van der Waals surface area contributed by atoms with Crippen LogP contribution in [0.4, 0.5) is 4.39 Å². The number of amides is 1. The van der Waals surface area contributed by atoms with Crippen molar-refractivity contribution in [2.45, 2.75) is 50.5 Å². The van der Waals surface area contributed by atoms with Crippen molar-refractivity contribution in [3.05, 3.63) is 30.1 Å². The Hall–Kier alpha value is -2.53. The molecule has 0 saturated carbocycles. The highest BCUT2D eigenvalue weighted by molar-refractivity contribution is 7.89. The summed E-state index contributed by atoms with van der Waals surface area (Å²) in [6, 6.07) is 4.62. The van der Waals surface area contributed by atoms with E-state index in [0.717, 1.165) is 12.1 Å². The van der Waals surface area contributed by atoms with E-state index in [9.17, 15) is 27.2 Å². The van der Waals surface area contributed by atoms with Crippen molar-refractivity contribution in [2.24, 2.45) is 11.8 Å². The van der Waals surface area contributed by atoms with Crippen LogP contribution >= 0.6 is 0 Å². The first-order valence-corrected chi connectivity index (χ1v) is 13.0. The lowest BCUT2D eigenvalue weighted by Crippen LogP contribution is -2.46.